The Morgan fingerprint density at radius 1 is 0.944 bits per heavy atom. The topological polar surface area (TPSA) is 0 Å². The van der Waals surface area contributed by atoms with Crippen molar-refractivity contribution in [2.45, 2.75) is 27.2 Å². The van der Waals surface area contributed by atoms with Crippen LogP contribution in [0.3, 0.4) is 0 Å². The summed E-state index contributed by atoms with van der Waals surface area (Å²) in [5.74, 6) is 0. The van der Waals surface area contributed by atoms with Gasteiger partial charge in [-0.3, -0.25) is 0 Å². The van der Waals surface area contributed by atoms with Crippen molar-refractivity contribution in [2.75, 3.05) is 0 Å². The molecule has 1 aliphatic carbocycles. The van der Waals surface area contributed by atoms with E-state index in [9.17, 15) is 0 Å². The predicted octanol–water partition coefficient (Wildman–Crippen LogP) is 4.38. The van der Waals surface area contributed by atoms with Crippen LogP contribution in [0, 0.1) is 6.92 Å². The van der Waals surface area contributed by atoms with E-state index in [0.29, 0.717) is 0 Å². The van der Waals surface area contributed by atoms with E-state index >= 15 is 0 Å². The quantitative estimate of drug-likeness (QED) is 0.541. The number of rotatable bonds is 0. The summed E-state index contributed by atoms with van der Waals surface area (Å²) in [5, 5.41) is 7.16. The molecule has 0 aromatic heterocycles. The van der Waals surface area contributed by atoms with Crippen LogP contribution in [0.4, 0.5) is 0 Å². The summed E-state index contributed by atoms with van der Waals surface area (Å²) < 4.78 is 0. The Morgan fingerprint density at radius 3 is 2.61 bits per heavy atom. The molecular formula is C18H18. The van der Waals surface area contributed by atoms with Crippen molar-refractivity contribution in [1.29, 1.82) is 0 Å². The second-order valence-corrected chi connectivity index (χ2v) is 4.69. The molecule has 0 nitrogen and oxygen atoms in total. The Hall–Kier alpha value is -1.82. The molecular weight excluding hydrogens is 216 g/mol. The van der Waals surface area contributed by atoms with E-state index in [-0.39, 0.29) is 0 Å². The van der Waals surface area contributed by atoms with Gasteiger partial charge < -0.3 is 0 Å². The van der Waals surface area contributed by atoms with E-state index in [2.05, 4.69) is 49.4 Å². The summed E-state index contributed by atoms with van der Waals surface area (Å²) >= 11 is 0. The first-order valence-corrected chi connectivity index (χ1v) is 6.78. The maximum Gasteiger partial charge on any atom is -0.00274 e. The van der Waals surface area contributed by atoms with Crippen LogP contribution in [0.5, 0.6) is 0 Å². The summed E-state index contributed by atoms with van der Waals surface area (Å²) in [7, 11) is 0. The van der Waals surface area contributed by atoms with Gasteiger partial charge in [-0.2, -0.15) is 0 Å². The molecule has 4 rings (SSSR count). The number of hydrogen-bond donors (Lipinski definition) is 0. The van der Waals surface area contributed by atoms with Gasteiger partial charge in [-0.1, -0.05) is 56.3 Å². The molecule has 18 heavy (non-hydrogen) atoms. The SMILES string of the molecule is CC.Cc1cc2c3c(ccc4cccc1c43)CC=2. The van der Waals surface area contributed by atoms with Crippen LogP contribution in [0.25, 0.3) is 27.6 Å². The second-order valence-electron chi connectivity index (χ2n) is 4.69. The molecule has 0 radical (unpaired) electrons. The Labute approximate surface area is 108 Å². The van der Waals surface area contributed by atoms with E-state index in [4.69, 9.17) is 0 Å². The van der Waals surface area contributed by atoms with Gasteiger partial charge in [0.25, 0.3) is 0 Å². The van der Waals surface area contributed by atoms with Crippen molar-refractivity contribution >= 4 is 27.6 Å². The molecule has 0 aliphatic heterocycles. The normalized spacial score (nSPS) is 12.4. The van der Waals surface area contributed by atoms with Crippen molar-refractivity contribution in [1.82, 2.24) is 0 Å². The maximum atomic E-state index is 2.35. The third-order valence-corrected chi connectivity index (χ3v) is 3.76. The van der Waals surface area contributed by atoms with Crippen molar-refractivity contribution < 1.29 is 0 Å². The minimum atomic E-state index is 1.10. The predicted molar refractivity (Wildman–Crippen MR) is 80.9 cm³/mol. The highest BCUT2D eigenvalue weighted by atomic mass is 14.2. The average Bonchev–Trinajstić information content (AvgIpc) is 2.84. The van der Waals surface area contributed by atoms with Gasteiger partial charge in [0.15, 0.2) is 0 Å². The third-order valence-electron chi connectivity index (χ3n) is 3.76. The third kappa shape index (κ3) is 1.38. The molecule has 0 heterocycles. The lowest BCUT2D eigenvalue weighted by molar-refractivity contribution is 1.42. The zero-order valence-electron chi connectivity index (χ0n) is 11.2. The van der Waals surface area contributed by atoms with Crippen molar-refractivity contribution in [2.24, 2.45) is 0 Å². The first-order chi connectivity index (χ1) is 8.84. The molecule has 3 aromatic rings. The minimum Gasteiger partial charge on any atom is -0.0722 e. The van der Waals surface area contributed by atoms with Gasteiger partial charge in [-0.15, -0.1) is 0 Å². The standard InChI is InChI=1S/C16H12.C2H6/c1-10-9-13-8-7-12-6-5-11-3-2-4-14(10)16(11)15(12)13;1-2/h2-6,8-9H,7H2,1H3;1-2H3. The highest BCUT2D eigenvalue weighted by molar-refractivity contribution is 6.13. The van der Waals surface area contributed by atoms with E-state index in [0.717, 1.165) is 6.42 Å². The lowest BCUT2D eigenvalue weighted by Crippen LogP contribution is -2.01. The van der Waals surface area contributed by atoms with Gasteiger partial charge in [0.1, 0.15) is 0 Å². The molecule has 0 amide bonds. The molecule has 0 heteroatoms. The average molecular weight is 234 g/mol. The summed E-state index contributed by atoms with van der Waals surface area (Å²) in [6, 6.07) is 13.5. The Kier molecular flexibility index (Phi) is 2.59. The highest BCUT2D eigenvalue weighted by Gasteiger charge is 2.12. The fourth-order valence-electron chi connectivity index (χ4n) is 3.01. The summed E-state index contributed by atoms with van der Waals surface area (Å²) in [6.45, 7) is 6.21. The van der Waals surface area contributed by atoms with E-state index in [1.54, 1.807) is 0 Å². The lowest BCUT2D eigenvalue weighted by atomic mass is 9.95. The van der Waals surface area contributed by atoms with Crippen LogP contribution in [0.2, 0.25) is 0 Å². The smallest absolute Gasteiger partial charge is 0.00274 e. The molecule has 1 aliphatic rings. The van der Waals surface area contributed by atoms with Crippen LogP contribution in [-0.2, 0) is 6.42 Å². The summed E-state index contributed by atoms with van der Waals surface area (Å²) in [4.78, 5) is 0. The van der Waals surface area contributed by atoms with Crippen LogP contribution < -0.4 is 5.22 Å². The zero-order chi connectivity index (χ0) is 12.7. The summed E-state index contributed by atoms with van der Waals surface area (Å²) in [5.41, 5.74) is 2.88. The van der Waals surface area contributed by atoms with Gasteiger partial charge >= 0.3 is 0 Å². The number of aryl methyl sites for hydroxylation is 1. The van der Waals surface area contributed by atoms with Crippen LogP contribution in [0.15, 0.2) is 36.4 Å². The van der Waals surface area contributed by atoms with Crippen LogP contribution in [0.1, 0.15) is 25.0 Å². The fourth-order valence-corrected chi connectivity index (χ4v) is 3.01. The van der Waals surface area contributed by atoms with Crippen LogP contribution >= 0.6 is 0 Å². The first kappa shape index (κ1) is 11.3. The van der Waals surface area contributed by atoms with Gasteiger partial charge in [0.05, 0.1) is 0 Å². The molecule has 0 unspecified atom stereocenters. The summed E-state index contributed by atoms with van der Waals surface area (Å²) in [6.07, 6.45) is 3.45. The molecule has 0 saturated carbocycles. The second kappa shape index (κ2) is 4.13. The Morgan fingerprint density at radius 2 is 1.78 bits per heavy atom. The molecule has 0 saturated heterocycles. The van der Waals surface area contributed by atoms with Crippen molar-refractivity contribution in [3.05, 3.63) is 52.7 Å². The Bertz CT molecular complexity index is 779. The number of hydrogen-bond acceptors (Lipinski definition) is 0. The molecule has 0 bridgehead atoms. The lowest BCUT2D eigenvalue weighted by Gasteiger charge is -2.09. The van der Waals surface area contributed by atoms with E-state index < -0.39 is 0 Å². The first-order valence-electron chi connectivity index (χ1n) is 6.78. The minimum absolute atomic E-state index is 1.10. The van der Waals surface area contributed by atoms with Gasteiger partial charge in [-0.25, -0.2) is 0 Å². The maximum absolute atomic E-state index is 2.35. The molecule has 0 spiro atoms. The molecule has 3 aromatic carbocycles. The van der Waals surface area contributed by atoms with Gasteiger partial charge in [0, 0.05) is 0 Å². The van der Waals surface area contributed by atoms with E-state index in [1.165, 1.54) is 37.9 Å². The molecule has 90 valence electrons. The molecule has 0 fully saturated rings. The van der Waals surface area contributed by atoms with Crippen molar-refractivity contribution in [3.63, 3.8) is 0 Å². The van der Waals surface area contributed by atoms with Gasteiger partial charge in [0.2, 0.25) is 0 Å². The van der Waals surface area contributed by atoms with Crippen LogP contribution in [-0.4, -0.2) is 0 Å². The van der Waals surface area contributed by atoms with Crippen molar-refractivity contribution in [3.8, 4) is 0 Å². The fraction of sp³-hybridized carbons (Fsp3) is 0.222. The van der Waals surface area contributed by atoms with Gasteiger partial charge in [-0.05, 0) is 51.2 Å². The highest BCUT2D eigenvalue weighted by Crippen LogP contribution is 2.31. The largest absolute Gasteiger partial charge is 0.0722 e. The Balaban J connectivity index is 0.000000478. The molecule has 0 atom stereocenters. The zero-order valence-corrected chi connectivity index (χ0v) is 11.2. The monoisotopic (exact) mass is 234 g/mol. The molecule has 0 N–H and O–H groups in total. The van der Waals surface area contributed by atoms with E-state index in [1.807, 2.05) is 13.8 Å². The number of benzene rings is 3.